The number of Topliss-reactive ketones (excluding diaryl/α,β-unsaturated/α-hetero) is 1. The van der Waals surface area contributed by atoms with Crippen molar-refractivity contribution in [1.29, 1.82) is 0 Å². The lowest BCUT2D eigenvalue weighted by Crippen LogP contribution is -2.63. The molecule has 0 unspecified atom stereocenters. The first-order valence-corrected chi connectivity index (χ1v) is 19.4. The molecule has 0 radical (unpaired) electrons. The summed E-state index contributed by atoms with van der Waals surface area (Å²) in [6.45, 7) is 18.4. The van der Waals surface area contributed by atoms with Gasteiger partial charge in [-0.25, -0.2) is 15.0 Å². The number of amides is 1. The fraction of sp³-hybridized carbons (Fsp3) is 0.744. The van der Waals surface area contributed by atoms with Crippen LogP contribution in [0.5, 0.6) is 0 Å². The molecule has 2 aromatic heterocycles. The van der Waals surface area contributed by atoms with E-state index in [1.54, 1.807) is 12.7 Å². The number of rotatable bonds is 8. The first-order chi connectivity index (χ1) is 24.7. The maximum absolute atomic E-state index is 13.8. The highest BCUT2D eigenvalue weighted by Gasteiger charge is 2.68. The van der Waals surface area contributed by atoms with Gasteiger partial charge in [-0.1, -0.05) is 33.8 Å². The van der Waals surface area contributed by atoms with Crippen LogP contribution in [0.3, 0.4) is 0 Å². The normalized spacial score (nSPS) is 36.8. The zero-order chi connectivity index (χ0) is 37.2. The van der Waals surface area contributed by atoms with Crippen molar-refractivity contribution in [1.82, 2.24) is 29.3 Å². The third kappa shape index (κ3) is 7.05. The Balaban J connectivity index is 0.00000280. The number of hydrogen-bond donors (Lipinski definition) is 2. The third-order valence-corrected chi connectivity index (χ3v) is 14.4. The molecule has 2 bridgehead atoms. The highest BCUT2D eigenvalue weighted by atomic mass is 35.5. The summed E-state index contributed by atoms with van der Waals surface area (Å²) in [5.74, 6) is 0.598. The van der Waals surface area contributed by atoms with Gasteiger partial charge in [-0.3, -0.25) is 19.3 Å². The maximum Gasteiger partial charge on any atom is 0.320 e. The number of fused-ring (bicyclic) bond motifs is 1. The molecule has 3 N–H and O–H groups in total. The van der Waals surface area contributed by atoms with E-state index in [2.05, 4.69) is 52.1 Å². The SMILES string of the molecule is C=C[C@]1(C)C[C@@H](OC(=O)CN2CCN(C(=O)CCn3cnc4c(N5CC[C@H](N)C5)ncnc43)[C@@H](C)C2)[C@]2(C)[C@H](C)CC[C@]3(CCC(=O)[C@@H]32)[C@@H](C)[C@@H]1O.Cl.Cl. The van der Waals surface area contributed by atoms with Gasteiger partial charge in [-0.15, -0.1) is 31.4 Å². The number of anilines is 1. The number of aryl methyl sites for hydroxylation is 1. The number of nitrogens with zero attached hydrogens (tertiary/aromatic N) is 7. The molecule has 1 amide bonds. The number of halogens is 2. The molecular formula is C39H60Cl2N8O5. The Morgan fingerprint density at radius 3 is 2.52 bits per heavy atom. The van der Waals surface area contributed by atoms with Gasteiger partial charge in [0.1, 0.15) is 18.2 Å². The summed E-state index contributed by atoms with van der Waals surface area (Å²) in [7, 11) is 0. The van der Waals surface area contributed by atoms with E-state index in [0.29, 0.717) is 51.1 Å². The van der Waals surface area contributed by atoms with Gasteiger partial charge in [0.25, 0.3) is 0 Å². The van der Waals surface area contributed by atoms with Crippen LogP contribution in [-0.4, -0.2) is 116 Å². The monoisotopic (exact) mass is 790 g/mol. The van der Waals surface area contributed by atoms with Gasteiger partial charge in [-0.2, -0.15) is 0 Å². The third-order valence-electron chi connectivity index (χ3n) is 14.4. The van der Waals surface area contributed by atoms with E-state index >= 15 is 0 Å². The minimum Gasteiger partial charge on any atom is -0.461 e. The van der Waals surface area contributed by atoms with Crippen LogP contribution < -0.4 is 10.6 Å². The smallest absolute Gasteiger partial charge is 0.320 e. The second kappa shape index (κ2) is 16.0. The summed E-state index contributed by atoms with van der Waals surface area (Å²) >= 11 is 0. The van der Waals surface area contributed by atoms with Crippen LogP contribution >= 0.6 is 24.8 Å². The predicted molar refractivity (Wildman–Crippen MR) is 211 cm³/mol. The van der Waals surface area contributed by atoms with Crippen molar-refractivity contribution < 1.29 is 24.2 Å². The van der Waals surface area contributed by atoms with E-state index in [4.69, 9.17) is 10.5 Å². The van der Waals surface area contributed by atoms with Crippen LogP contribution in [-0.2, 0) is 25.7 Å². The maximum atomic E-state index is 13.8. The van der Waals surface area contributed by atoms with E-state index in [9.17, 15) is 19.5 Å². The Morgan fingerprint density at radius 1 is 1.07 bits per heavy atom. The largest absolute Gasteiger partial charge is 0.461 e. The molecule has 2 saturated heterocycles. The predicted octanol–water partition coefficient (Wildman–Crippen LogP) is 4.04. The summed E-state index contributed by atoms with van der Waals surface area (Å²) in [4.78, 5) is 60.7. The van der Waals surface area contributed by atoms with Crippen molar-refractivity contribution in [3.63, 3.8) is 0 Å². The summed E-state index contributed by atoms with van der Waals surface area (Å²) in [6.07, 6.45) is 8.61. The van der Waals surface area contributed by atoms with Gasteiger partial charge >= 0.3 is 5.97 Å². The van der Waals surface area contributed by atoms with Gasteiger partial charge in [0, 0.05) is 80.9 Å². The molecule has 3 aliphatic carbocycles. The second-order valence-electron chi connectivity index (χ2n) is 17.3. The summed E-state index contributed by atoms with van der Waals surface area (Å²) in [5, 5.41) is 11.8. The lowest BCUT2D eigenvalue weighted by atomic mass is 9.44. The van der Waals surface area contributed by atoms with Crippen LogP contribution in [0.2, 0.25) is 0 Å². The fourth-order valence-electron chi connectivity index (χ4n) is 11.0. The molecular weight excluding hydrogens is 731 g/mol. The molecule has 54 heavy (non-hydrogen) atoms. The number of esters is 1. The van der Waals surface area contributed by atoms with E-state index in [1.165, 1.54) is 0 Å². The second-order valence-corrected chi connectivity index (χ2v) is 17.3. The number of aliphatic hydroxyl groups is 1. The Morgan fingerprint density at radius 2 is 1.83 bits per heavy atom. The Hall–Kier alpha value is -2.84. The first-order valence-electron chi connectivity index (χ1n) is 19.4. The van der Waals surface area contributed by atoms with Gasteiger partial charge in [0.05, 0.1) is 19.0 Å². The number of hydrogen-bond acceptors (Lipinski definition) is 11. The number of ether oxygens (including phenoxy) is 1. The zero-order valence-electron chi connectivity index (χ0n) is 32.5. The number of ketones is 1. The molecule has 2 aromatic rings. The Labute approximate surface area is 331 Å². The first kappa shape index (κ1) is 42.3. The van der Waals surface area contributed by atoms with Crippen LogP contribution in [0.4, 0.5) is 5.82 Å². The lowest BCUT2D eigenvalue weighted by molar-refractivity contribution is -0.207. The number of carbonyl (C=O) groups is 3. The van der Waals surface area contributed by atoms with E-state index in [0.717, 1.165) is 50.1 Å². The van der Waals surface area contributed by atoms with Gasteiger partial charge in [0.15, 0.2) is 17.0 Å². The minimum atomic E-state index is -0.698. The number of nitrogens with two attached hydrogens (primary N) is 1. The van der Waals surface area contributed by atoms with Crippen molar-refractivity contribution in [2.45, 2.75) is 110 Å². The number of imidazole rings is 1. The van der Waals surface area contributed by atoms with E-state index < -0.39 is 23.0 Å². The topological polar surface area (TPSA) is 160 Å². The number of piperazine rings is 1. The van der Waals surface area contributed by atoms with Gasteiger partial charge < -0.3 is 29.9 Å². The average molecular weight is 792 g/mol. The minimum absolute atomic E-state index is 0. The van der Waals surface area contributed by atoms with Gasteiger partial charge in [0.2, 0.25) is 5.91 Å². The number of carbonyl (C=O) groups excluding carboxylic acids is 3. The van der Waals surface area contributed by atoms with Crippen LogP contribution in [0.25, 0.3) is 11.2 Å². The molecule has 15 heteroatoms. The molecule has 0 spiro atoms. The van der Waals surface area contributed by atoms with Crippen molar-refractivity contribution in [3.05, 3.63) is 25.3 Å². The molecule has 5 fully saturated rings. The number of aromatic nitrogens is 4. The molecule has 13 nitrogen and oxygen atoms in total. The summed E-state index contributed by atoms with van der Waals surface area (Å²) < 4.78 is 8.40. The molecule has 2 aliphatic heterocycles. The van der Waals surface area contributed by atoms with Crippen molar-refractivity contribution in [2.75, 3.05) is 44.2 Å². The van der Waals surface area contributed by atoms with Crippen molar-refractivity contribution >= 4 is 59.5 Å². The van der Waals surface area contributed by atoms with Gasteiger partial charge in [-0.05, 0) is 56.3 Å². The Bertz CT molecular complexity index is 1730. The van der Waals surface area contributed by atoms with Crippen molar-refractivity contribution in [2.24, 2.45) is 39.7 Å². The highest BCUT2D eigenvalue weighted by Crippen LogP contribution is 2.68. The zero-order valence-corrected chi connectivity index (χ0v) is 34.1. The van der Waals surface area contributed by atoms with Crippen molar-refractivity contribution in [3.8, 4) is 0 Å². The lowest BCUT2D eigenvalue weighted by Gasteiger charge is -2.61. The van der Waals surface area contributed by atoms with E-state index in [-0.39, 0.29) is 84.3 Å². The van der Waals surface area contributed by atoms with Crippen LogP contribution in [0, 0.1) is 34.0 Å². The average Bonchev–Trinajstić information content (AvgIpc) is 3.84. The highest BCUT2D eigenvalue weighted by molar-refractivity contribution is 5.86. The molecule has 4 heterocycles. The molecule has 3 saturated carbocycles. The summed E-state index contributed by atoms with van der Waals surface area (Å²) in [5.41, 5.74) is 6.02. The molecule has 10 atom stereocenters. The molecule has 0 aromatic carbocycles. The van der Waals surface area contributed by atoms with Crippen LogP contribution in [0.1, 0.15) is 79.6 Å². The summed E-state index contributed by atoms with van der Waals surface area (Å²) in [6, 6.07) is 0.0339. The molecule has 7 rings (SSSR count). The fourth-order valence-corrected chi connectivity index (χ4v) is 11.0. The number of aliphatic hydroxyl groups excluding tert-OH is 1. The molecule has 5 aliphatic rings. The Kier molecular flexibility index (Phi) is 12.5. The quantitative estimate of drug-likeness (QED) is 0.294. The van der Waals surface area contributed by atoms with E-state index in [1.807, 2.05) is 29.4 Å². The standard InChI is InChI=1S/C39H58N8O5.2ClH/c1-7-37(5)18-29(38(6)24(2)8-12-39(26(4)34(37)51)13-9-28(48)33(38)39)52-31(50)21-44-16-17-47(25(3)19-44)30(49)11-15-46-23-43-32-35(41-22-42-36(32)46)45-14-10-27(40)20-45;;/h7,22-27,29,33-34,51H,1,8-21,40H2,2-6H3;2*1H/t24-,25+,26+,27+,29-,33-,34+,37-,38+,39+;;/m1../s1. The van der Waals surface area contributed by atoms with Crippen LogP contribution in [0.15, 0.2) is 25.3 Å². The molecule has 300 valence electrons.